The highest BCUT2D eigenvalue weighted by molar-refractivity contribution is 7.10. The summed E-state index contributed by atoms with van der Waals surface area (Å²) < 4.78 is 0. The van der Waals surface area contributed by atoms with Crippen LogP contribution < -0.4 is 11.1 Å². The smallest absolute Gasteiger partial charge is 0.242 e. The van der Waals surface area contributed by atoms with Gasteiger partial charge in [-0.05, 0) is 36.4 Å². The van der Waals surface area contributed by atoms with Crippen LogP contribution in [0.3, 0.4) is 0 Å². The van der Waals surface area contributed by atoms with E-state index in [1.807, 2.05) is 55.6 Å². The first-order valence-electron chi connectivity index (χ1n) is 6.24. The molecule has 1 aromatic heterocycles. The molecular formula is C15H18N2OS. The molecule has 1 heterocycles. The summed E-state index contributed by atoms with van der Waals surface area (Å²) in [5, 5.41) is 4.89. The lowest BCUT2D eigenvalue weighted by Crippen LogP contribution is -2.35. The van der Waals surface area contributed by atoms with Crippen molar-refractivity contribution in [1.29, 1.82) is 0 Å². The maximum atomic E-state index is 12.1. The first-order chi connectivity index (χ1) is 9.09. The Morgan fingerprint density at radius 3 is 2.63 bits per heavy atom. The number of nitrogens with two attached hydrogens (primary N) is 1. The second kappa shape index (κ2) is 5.99. The molecule has 2 rings (SSSR count). The SMILES string of the molecule is Cc1ccccc1C(C)NC(=O)C(N)c1cccs1. The normalized spacial score (nSPS) is 13.8. The molecule has 2 aromatic rings. The summed E-state index contributed by atoms with van der Waals surface area (Å²) in [7, 11) is 0. The third-order valence-electron chi connectivity index (χ3n) is 3.15. The summed E-state index contributed by atoms with van der Waals surface area (Å²) in [5.74, 6) is -0.141. The van der Waals surface area contributed by atoms with E-state index in [-0.39, 0.29) is 11.9 Å². The Kier molecular flexibility index (Phi) is 4.35. The Labute approximate surface area is 117 Å². The fraction of sp³-hybridized carbons (Fsp3) is 0.267. The second-order valence-electron chi connectivity index (χ2n) is 4.58. The predicted molar refractivity (Wildman–Crippen MR) is 79.0 cm³/mol. The number of rotatable bonds is 4. The fourth-order valence-corrected chi connectivity index (χ4v) is 2.78. The van der Waals surface area contributed by atoms with Crippen molar-refractivity contribution in [2.24, 2.45) is 5.73 Å². The molecule has 0 fully saturated rings. The Morgan fingerprint density at radius 1 is 1.26 bits per heavy atom. The van der Waals surface area contributed by atoms with Gasteiger partial charge in [-0.15, -0.1) is 11.3 Å². The van der Waals surface area contributed by atoms with Crippen molar-refractivity contribution in [2.45, 2.75) is 25.9 Å². The largest absolute Gasteiger partial charge is 0.348 e. The zero-order valence-corrected chi connectivity index (χ0v) is 11.9. The maximum Gasteiger partial charge on any atom is 0.242 e. The molecule has 0 bridgehead atoms. The average Bonchev–Trinajstić information content (AvgIpc) is 2.92. The molecule has 0 saturated carbocycles. The minimum Gasteiger partial charge on any atom is -0.348 e. The van der Waals surface area contributed by atoms with Crippen LogP contribution in [0.4, 0.5) is 0 Å². The number of amides is 1. The van der Waals surface area contributed by atoms with Crippen molar-refractivity contribution in [3.8, 4) is 0 Å². The van der Waals surface area contributed by atoms with E-state index >= 15 is 0 Å². The molecule has 0 saturated heterocycles. The Balaban J connectivity index is 2.05. The summed E-state index contributed by atoms with van der Waals surface area (Å²) in [6, 6.07) is 11.2. The summed E-state index contributed by atoms with van der Waals surface area (Å²) in [5.41, 5.74) is 8.23. The third-order valence-corrected chi connectivity index (χ3v) is 4.10. The van der Waals surface area contributed by atoms with E-state index in [2.05, 4.69) is 5.32 Å². The minimum absolute atomic E-state index is 0.0419. The number of carbonyl (C=O) groups excluding carboxylic acids is 1. The van der Waals surface area contributed by atoms with Gasteiger partial charge in [-0.2, -0.15) is 0 Å². The molecule has 3 nitrogen and oxygen atoms in total. The summed E-state index contributed by atoms with van der Waals surface area (Å²) in [6.45, 7) is 4.01. The second-order valence-corrected chi connectivity index (χ2v) is 5.56. The molecule has 0 aliphatic carbocycles. The average molecular weight is 274 g/mol. The van der Waals surface area contributed by atoms with Gasteiger partial charge in [0, 0.05) is 4.88 Å². The van der Waals surface area contributed by atoms with Crippen molar-refractivity contribution < 1.29 is 4.79 Å². The molecule has 4 heteroatoms. The van der Waals surface area contributed by atoms with Gasteiger partial charge in [0.1, 0.15) is 6.04 Å². The Morgan fingerprint density at radius 2 is 2.00 bits per heavy atom. The molecule has 0 spiro atoms. The van der Waals surface area contributed by atoms with E-state index in [9.17, 15) is 4.79 Å². The van der Waals surface area contributed by atoms with Gasteiger partial charge < -0.3 is 11.1 Å². The monoisotopic (exact) mass is 274 g/mol. The number of carbonyl (C=O) groups is 1. The van der Waals surface area contributed by atoms with E-state index in [4.69, 9.17) is 5.73 Å². The summed E-state index contributed by atoms with van der Waals surface area (Å²) >= 11 is 1.50. The number of hydrogen-bond acceptors (Lipinski definition) is 3. The van der Waals surface area contributed by atoms with Crippen molar-refractivity contribution in [3.05, 3.63) is 57.8 Å². The Bertz CT molecular complexity index is 551. The van der Waals surface area contributed by atoms with Crippen LogP contribution >= 0.6 is 11.3 Å². The van der Waals surface area contributed by atoms with Gasteiger partial charge in [0.2, 0.25) is 5.91 Å². The van der Waals surface area contributed by atoms with Gasteiger partial charge in [0.15, 0.2) is 0 Å². The van der Waals surface area contributed by atoms with Crippen LogP contribution in [0, 0.1) is 6.92 Å². The van der Waals surface area contributed by atoms with Crippen molar-refractivity contribution in [2.75, 3.05) is 0 Å². The molecule has 100 valence electrons. The number of hydrogen-bond donors (Lipinski definition) is 2. The van der Waals surface area contributed by atoms with E-state index in [1.165, 1.54) is 16.9 Å². The number of nitrogens with one attached hydrogen (secondary N) is 1. The number of aryl methyl sites for hydroxylation is 1. The first-order valence-corrected chi connectivity index (χ1v) is 7.12. The highest BCUT2D eigenvalue weighted by atomic mass is 32.1. The van der Waals surface area contributed by atoms with Gasteiger partial charge in [0.05, 0.1) is 6.04 Å². The van der Waals surface area contributed by atoms with Gasteiger partial charge in [0.25, 0.3) is 0 Å². The Hall–Kier alpha value is -1.65. The van der Waals surface area contributed by atoms with E-state index in [0.717, 1.165) is 10.4 Å². The van der Waals surface area contributed by atoms with Gasteiger partial charge in [-0.3, -0.25) is 4.79 Å². The van der Waals surface area contributed by atoms with Crippen LogP contribution in [0.5, 0.6) is 0 Å². The van der Waals surface area contributed by atoms with Crippen LogP contribution in [0.1, 0.15) is 35.0 Å². The van der Waals surface area contributed by atoms with Crippen molar-refractivity contribution in [1.82, 2.24) is 5.32 Å². The lowest BCUT2D eigenvalue weighted by molar-refractivity contribution is -0.123. The van der Waals surface area contributed by atoms with E-state index < -0.39 is 6.04 Å². The number of benzene rings is 1. The summed E-state index contributed by atoms with van der Waals surface area (Å²) in [4.78, 5) is 13.0. The molecule has 1 aromatic carbocycles. The topological polar surface area (TPSA) is 55.1 Å². The lowest BCUT2D eigenvalue weighted by Gasteiger charge is -2.18. The van der Waals surface area contributed by atoms with Crippen molar-refractivity contribution >= 4 is 17.2 Å². The van der Waals surface area contributed by atoms with Gasteiger partial charge >= 0.3 is 0 Å². The molecule has 1 amide bonds. The van der Waals surface area contributed by atoms with E-state index in [0.29, 0.717) is 0 Å². The van der Waals surface area contributed by atoms with Crippen molar-refractivity contribution in [3.63, 3.8) is 0 Å². The molecule has 2 unspecified atom stereocenters. The lowest BCUT2D eigenvalue weighted by atomic mass is 10.0. The molecule has 3 N–H and O–H groups in total. The third kappa shape index (κ3) is 3.22. The van der Waals surface area contributed by atoms with Crippen LogP contribution in [0.25, 0.3) is 0 Å². The molecule has 0 aliphatic rings. The highest BCUT2D eigenvalue weighted by Crippen LogP contribution is 2.20. The molecule has 19 heavy (non-hydrogen) atoms. The standard InChI is InChI=1S/C15H18N2OS/c1-10-6-3-4-7-12(10)11(2)17-15(18)14(16)13-8-5-9-19-13/h3-9,11,14H,16H2,1-2H3,(H,17,18). The van der Waals surface area contributed by atoms with Crippen LogP contribution in [0.2, 0.25) is 0 Å². The van der Waals surface area contributed by atoms with Crippen LogP contribution in [0.15, 0.2) is 41.8 Å². The van der Waals surface area contributed by atoms with Crippen LogP contribution in [-0.2, 0) is 4.79 Å². The predicted octanol–water partition coefficient (Wildman–Crippen LogP) is 2.93. The zero-order valence-electron chi connectivity index (χ0n) is 11.1. The molecule has 2 atom stereocenters. The van der Waals surface area contributed by atoms with E-state index in [1.54, 1.807) is 0 Å². The maximum absolute atomic E-state index is 12.1. The molecular weight excluding hydrogens is 256 g/mol. The molecule has 0 aliphatic heterocycles. The minimum atomic E-state index is -0.591. The fourth-order valence-electron chi connectivity index (χ4n) is 2.05. The van der Waals surface area contributed by atoms with Gasteiger partial charge in [-0.1, -0.05) is 30.3 Å². The first kappa shape index (κ1) is 13.8. The van der Waals surface area contributed by atoms with Crippen LogP contribution in [-0.4, -0.2) is 5.91 Å². The number of thiophene rings is 1. The van der Waals surface area contributed by atoms with Gasteiger partial charge in [-0.25, -0.2) is 0 Å². The molecule has 0 radical (unpaired) electrons. The summed E-state index contributed by atoms with van der Waals surface area (Å²) in [6.07, 6.45) is 0. The zero-order chi connectivity index (χ0) is 13.8. The quantitative estimate of drug-likeness (QED) is 0.900. The highest BCUT2D eigenvalue weighted by Gasteiger charge is 2.19.